The van der Waals surface area contributed by atoms with Crippen LogP contribution in [0.4, 0.5) is 5.69 Å². The molecule has 0 spiro atoms. The highest BCUT2D eigenvalue weighted by Crippen LogP contribution is 2.32. The van der Waals surface area contributed by atoms with E-state index in [-0.39, 0.29) is 12.2 Å². The molecule has 3 aromatic rings. The minimum absolute atomic E-state index is 0.218. The summed E-state index contributed by atoms with van der Waals surface area (Å²) < 4.78 is 12.7. The van der Waals surface area contributed by atoms with Crippen molar-refractivity contribution in [2.75, 3.05) is 19.0 Å². The molecule has 0 fully saturated rings. The summed E-state index contributed by atoms with van der Waals surface area (Å²) in [6.07, 6.45) is 1.64. The quantitative estimate of drug-likeness (QED) is 0.543. The number of allylic oxidation sites excluding steroid dienone is 1. The molecule has 0 saturated carbocycles. The van der Waals surface area contributed by atoms with Gasteiger partial charge in [-0.25, -0.2) is 9.79 Å². The van der Waals surface area contributed by atoms with E-state index < -0.39 is 12.0 Å². The average molecular weight is 484 g/mol. The van der Waals surface area contributed by atoms with E-state index in [2.05, 4.69) is 10.3 Å². The van der Waals surface area contributed by atoms with Gasteiger partial charge in [0.2, 0.25) is 0 Å². The lowest BCUT2D eigenvalue weighted by molar-refractivity contribution is -0.139. The Bertz CT molecular complexity index is 1410. The SMILES string of the molecule is CCOC(=O)C1=C(C)N=c2s/c(=C\Nc3ccc(Cl)cc3)c(=O)n2[C@@H]1c1cccc(OC)c1. The summed E-state index contributed by atoms with van der Waals surface area (Å²) in [5, 5.41) is 3.75. The topological polar surface area (TPSA) is 81.9 Å². The van der Waals surface area contributed by atoms with E-state index >= 15 is 0 Å². The zero-order valence-corrected chi connectivity index (χ0v) is 19.9. The van der Waals surface area contributed by atoms with Crippen LogP contribution in [0.1, 0.15) is 25.5 Å². The van der Waals surface area contributed by atoms with Crippen molar-refractivity contribution in [2.45, 2.75) is 19.9 Å². The third kappa shape index (κ3) is 4.58. The Labute approximate surface area is 199 Å². The molecule has 9 heteroatoms. The smallest absolute Gasteiger partial charge is 0.338 e. The predicted octanol–water partition coefficient (Wildman–Crippen LogP) is 3.48. The van der Waals surface area contributed by atoms with Crippen molar-refractivity contribution >= 4 is 40.8 Å². The molecule has 1 aliphatic heterocycles. The number of carbonyl (C=O) groups excluding carboxylic acids is 1. The van der Waals surface area contributed by atoms with E-state index in [1.54, 1.807) is 39.3 Å². The Morgan fingerprint density at radius 1 is 1.27 bits per heavy atom. The lowest BCUT2D eigenvalue weighted by Gasteiger charge is -2.24. The van der Waals surface area contributed by atoms with Crippen molar-refractivity contribution < 1.29 is 14.3 Å². The molecule has 2 heterocycles. The molecule has 33 heavy (non-hydrogen) atoms. The maximum Gasteiger partial charge on any atom is 0.338 e. The van der Waals surface area contributed by atoms with Crippen LogP contribution < -0.4 is 24.9 Å². The second kappa shape index (κ2) is 9.64. The first-order chi connectivity index (χ1) is 15.9. The Morgan fingerprint density at radius 3 is 2.73 bits per heavy atom. The number of ether oxygens (including phenoxy) is 2. The van der Waals surface area contributed by atoms with E-state index in [9.17, 15) is 9.59 Å². The van der Waals surface area contributed by atoms with Gasteiger partial charge < -0.3 is 14.8 Å². The molecule has 1 aromatic heterocycles. The number of thiazole rings is 1. The number of fused-ring (bicyclic) bond motifs is 1. The highest BCUT2D eigenvalue weighted by Gasteiger charge is 2.33. The minimum atomic E-state index is -0.687. The fraction of sp³-hybridized carbons (Fsp3) is 0.208. The van der Waals surface area contributed by atoms with Gasteiger partial charge in [0.05, 0.1) is 31.0 Å². The van der Waals surface area contributed by atoms with Gasteiger partial charge in [-0.15, -0.1) is 0 Å². The molecule has 170 valence electrons. The average Bonchev–Trinajstić information content (AvgIpc) is 3.12. The van der Waals surface area contributed by atoms with Gasteiger partial charge in [-0.2, -0.15) is 0 Å². The number of hydrogen-bond donors (Lipinski definition) is 1. The molecular formula is C24H22ClN3O4S. The number of aromatic nitrogens is 1. The molecule has 0 unspecified atom stereocenters. The summed E-state index contributed by atoms with van der Waals surface area (Å²) in [6.45, 7) is 3.71. The Kier molecular flexibility index (Phi) is 6.67. The first kappa shape index (κ1) is 22.8. The fourth-order valence-electron chi connectivity index (χ4n) is 3.61. The summed E-state index contributed by atoms with van der Waals surface area (Å²) in [5.41, 5.74) is 2.10. The third-order valence-corrected chi connectivity index (χ3v) is 6.38. The number of methoxy groups -OCH3 is 1. The lowest BCUT2D eigenvalue weighted by Crippen LogP contribution is -2.40. The second-order valence-corrected chi connectivity index (χ2v) is 8.68. The van der Waals surface area contributed by atoms with Gasteiger partial charge in [-0.05, 0) is 55.8 Å². The van der Waals surface area contributed by atoms with Crippen LogP contribution in [0.3, 0.4) is 0 Å². The molecule has 4 rings (SSSR count). The number of nitrogens with one attached hydrogen (secondary N) is 1. The number of carbonyl (C=O) groups is 1. The number of hydrogen-bond acceptors (Lipinski definition) is 7. The molecule has 2 aromatic carbocycles. The van der Waals surface area contributed by atoms with E-state index in [1.807, 2.05) is 36.4 Å². The largest absolute Gasteiger partial charge is 0.497 e. The van der Waals surface area contributed by atoms with E-state index in [0.717, 1.165) is 11.3 Å². The molecule has 0 amide bonds. The van der Waals surface area contributed by atoms with Crippen molar-refractivity contribution in [1.82, 2.24) is 4.57 Å². The van der Waals surface area contributed by atoms with Gasteiger partial charge in [0.15, 0.2) is 4.80 Å². The highest BCUT2D eigenvalue weighted by atomic mass is 35.5. The molecule has 1 aliphatic rings. The van der Waals surface area contributed by atoms with Gasteiger partial charge in [0.25, 0.3) is 5.56 Å². The normalized spacial score (nSPS) is 15.6. The van der Waals surface area contributed by atoms with Crippen LogP contribution in [-0.4, -0.2) is 24.3 Å². The van der Waals surface area contributed by atoms with Gasteiger partial charge >= 0.3 is 5.97 Å². The van der Waals surface area contributed by atoms with Crippen LogP contribution in [0.15, 0.2) is 69.6 Å². The summed E-state index contributed by atoms with van der Waals surface area (Å²) in [6, 6.07) is 13.8. The Balaban J connectivity index is 1.87. The number of nitrogens with zero attached hydrogens (tertiary/aromatic N) is 2. The predicted molar refractivity (Wildman–Crippen MR) is 129 cm³/mol. The first-order valence-electron chi connectivity index (χ1n) is 10.3. The monoisotopic (exact) mass is 483 g/mol. The van der Waals surface area contributed by atoms with Crippen LogP contribution in [-0.2, 0) is 9.53 Å². The maximum atomic E-state index is 13.5. The standard InChI is InChI=1S/C24H22ClN3O4S/c1-4-32-23(30)20-14(2)27-24-28(21(20)15-6-5-7-18(12-15)31-3)22(29)19(33-24)13-26-17-10-8-16(25)9-11-17/h5-13,21,26H,4H2,1-3H3/b19-13-/t21-/m1/s1. The molecular weight excluding hydrogens is 462 g/mol. The Morgan fingerprint density at radius 2 is 2.03 bits per heavy atom. The maximum absolute atomic E-state index is 13.5. The Hall–Kier alpha value is -3.36. The number of rotatable bonds is 6. The van der Waals surface area contributed by atoms with Crippen molar-refractivity contribution in [3.05, 3.63) is 90.1 Å². The van der Waals surface area contributed by atoms with Gasteiger partial charge in [0.1, 0.15) is 10.3 Å². The van der Waals surface area contributed by atoms with Crippen molar-refractivity contribution in [2.24, 2.45) is 4.99 Å². The fourth-order valence-corrected chi connectivity index (χ4v) is 4.71. The highest BCUT2D eigenvalue weighted by molar-refractivity contribution is 7.07. The summed E-state index contributed by atoms with van der Waals surface area (Å²) in [4.78, 5) is 31.4. The number of anilines is 1. The molecule has 0 saturated heterocycles. The molecule has 1 N–H and O–H groups in total. The van der Waals surface area contributed by atoms with Crippen LogP contribution >= 0.6 is 22.9 Å². The van der Waals surface area contributed by atoms with E-state index in [1.165, 1.54) is 15.9 Å². The van der Waals surface area contributed by atoms with Crippen molar-refractivity contribution in [1.29, 1.82) is 0 Å². The summed E-state index contributed by atoms with van der Waals surface area (Å²) in [5.74, 6) is 0.122. The number of halogens is 1. The molecule has 0 bridgehead atoms. The molecule has 1 atom stereocenters. The van der Waals surface area contributed by atoms with Gasteiger partial charge in [-0.1, -0.05) is 35.1 Å². The minimum Gasteiger partial charge on any atom is -0.497 e. The van der Waals surface area contributed by atoms with Crippen molar-refractivity contribution in [3.8, 4) is 5.75 Å². The third-order valence-electron chi connectivity index (χ3n) is 5.14. The molecule has 0 aliphatic carbocycles. The number of benzene rings is 2. The van der Waals surface area contributed by atoms with Crippen LogP contribution in [0, 0.1) is 0 Å². The van der Waals surface area contributed by atoms with Gasteiger partial charge in [0, 0.05) is 16.9 Å². The van der Waals surface area contributed by atoms with Crippen LogP contribution in [0.25, 0.3) is 6.20 Å². The molecule has 0 radical (unpaired) electrons. The first-order valence-corrected chi connectivity index (χ1v) is 11.5. The van der Waals surface area contributed by atoms with Crippen molar-refractivity contribution in [3.63, 3.8) is 0 Å². The van der Waals surface area contributed by atoms with E-state index in [0.29, 0.717) is 31.4 Å². The lowest BCUT2D eigenvalue weighted by atomic mass is 9.95. The van der Waals surface area contributed by atoms with Gasteiger partial charge in [-0.3, -0.25) is 9.36 Å². The van der Waals surface area contributed by atoms with E-state index in [4.69, 9.17) is 21.1 Å². The van der Waals surface area contributed by atoms with Crippen LogP contribution in [0.2, 0.25) is 5.02 Å². The van der Waals surface area contributed by atoms with Crippen LogP contribution in [0.5, 0.6) is 5.75 Å². The zero-order valence-electron chi connectivity index (χ0n) is 18.3. The molecule has 7 nitrogen and oxygen atoms in total. The number of esters is 1. The zero-order chi connectivity index (χ0) is 23.5. The second-order valence-electron chi connectivity index (χ2n) is 7.23. The summed E-state index contributed by atoms with van der Waals surface area (Å²) in [7, 11) is 1.57. The summed E-state index contributed by atoms with van der Waals surface area (Å²) >= 11 is 7.19.